The number of ether oxygens (including phenoxy) is 1. The highest BCUT2D eigenvalue weighted by Gasteiger charge is 2.38. The van der Waals surface area contributed by atoms with Gasteiger partial charge in [-0.3, -0.25) is 0 Å². The van der Waals surface area contributed by atoms with E-state index in [1.54, 1.807) is 18.3 Å². The number of alkyl halides is 3. The Balaban J connectivity index is 0.000000532. The van der Waals surface area contributed by atoms with Crippen molar-refractivity contribution in [3.8, 4) is 0 Å². The summed E-state index contributed by atoms with van der Waals surface area (Å²) in [5.74, 6) is -3.25. The van der Waals surface area contributed by atoms with E-state index in [4.69, 9.17) is 26.2 Å². The van der Waals surface area contributed by atoms with Crippen molar-refractivity contribution in [2.75, 3.05) is 6.61 Å². The average molecular weight is 584 g/mol. The van der Waals surface area contributed by atoms with E-state index < -0.39 is 34.2 Å². The van der Waals surface area contributed by atoms with Crippen molar-refractivity contribution >= 4 is 44.6 Å². The molecule has 206 valence electrons. The average Bonchev–Trinajstić information content (AvgIpc) is 3.38. The number of hydrogen-bond acceptors (Lipinski definition) is 6. The highest BCUT2D eigenvalue weighted by molar-refractivity contribution is 7.89. The minimum atomic E-state index is -5.08. The number of aliphatic carboxylic acids is 1. The van der Waals surface area contributed by atoms with Gasteiger partial charge in [0.2, 0.25) is 10.0 Å². The van der Waals surface area contributed by atoms with E-state index in [0.29, 0.717) is 21.6 Å². The number of carbonyl (C=O) groups excluding carboxylic acids is 1. The number of hydrogen-bond donors (Lipinski definition) is 3. The molecule has 2 aromatic carbocycles. The molecule has 0 radical (unpaired) electrons. The Bertz CT molecular complexity index is 1530. The van der Waals surface area contributed by atoms with Gasteiger partial charge < -0.3 is 14.8 Å². The molecule has 0 aliphatic rings. The second-order valence-corrected chi connectivity index (χ2v) is 10.0. The van der Waals surface area contributed by atoms with Gasteiger partial charge in [-0.2, -0.15) is 13.2 Å². The summed E-state index contributed by atoms with van der Waals surface area (Å²) >= 11 is 5.87. The highest BCUT2D eigenvalue weighted by atomic mass is 35.5. The van der Waals surface area contributed by atoms with Crippen LogP contribution in [0, 0.1) is 0 Å². The predicted molar refractivity (Wildman–Crippen MR) is 136 cm³/mol. The molecule has 14 heteroatoms. The van der Waals surface area contributed by atoms with Crippen LogP contribution in [0.2, 0.25) is 5.02 Å². The quantitative estimate of drug-likeness (QED) is 0.245. The second-order valence-electron chi connectivity index (χ2n) is 7.86. The van der Waals surface area contributed by atoms with Crippen LogP contribution in [-0.2, 0) is 19.6 Å². The summed E-state index contributed by atoms with van der Waals surface area (Å²) in [4.78, 5) is 28.7. The SMILES string of the molecule is O=C(O)C(F)(F)F.O=C(OCCC(NS(=O)(=O)c1ccc(Cl)cc1)c1ccccc1)c1ccnc2[nH]ccc12. The first kappa shape index (κ1) is 29.6. The van der Waals surface area contributed by atoms with E-state index in [0.717, 1.165) is 5.56 Å². The molecule has 39 heavy (non-hydrogen) atoms. The van der Waals surface area contributed by atoms with E-state index >= 15 is 0 Å². The number of carboxylic acids is 1. The minimum absolute atomic E-state index is 0.0236. The van der Waals surface area contributed by atoms with Crippen LogP contribution in [0.5, 0.6) is 0 Å². The van der Waals surface area contributed by atoms with E-state index in [-0.39, 0.29) is 17.9 Å². The van der Waals surface area contributed by atoms with Gasteiger partial charge in [0.15, 0.2) is 0 Å². The van der Waals surface area contributed by atoms with Gasteiger partial charge >= 0.3 is 18.1 Å². The normalized spacial score (nSPS) is 12.3. The highest BCUT2D eigenvalue weighted by Crippen LogP contribution is 2.22. The summed E-state index contributed by atoms with van der Waals surface area (Å²) in [6.45, 7) is 0.0236. The number of sulfonamides is 1. The van der Waals surface area contributed by atoms with Gasteiger partial charge in [0, 0.05) is 29.2 Å². The summed E-state index contributed by atoms with van der Waals surface area (Å²) in [5.41, 5.74) is 1.75. The Morgan fingerprint density at radius 1 is 1.05 bits per heavy atom. The molecule has 0 amide bonds. The topological polar surface area (TPSA) is 138 Å². The molecule has 0 aliphatic heterocycles. The fourth-order valence-corrected chi connectivity index (χ4v) is 4.72. The number of aromatic amines is 1. The Labute approximate surface area is 225 Å². The van der Waals surface area contributed by atoms with Crippen molar-refractivity contribution < 1.29 is 41.0 Å². The number of carbonyl (C=O) groups is 2. The van der Waals surface area contributed by atoms with Crippen molar-refractivity contribution in [1.82, 2.24) is 14.7 Å². The first-order valence-corrected chi connectivity index (χ1v) is 13.0. The van der Waals surface area contributed by atoms with Crippen LogP contribution < -0.4 is 4.72 Å². The zero-order chi connectivity index (χ0) is 28.6. The fourth-order valence-electron chi connectivity index (χ4n) is 3.33. The number of rotatable bonds is 8. The lowest BCUT2D eigenvalue weighted by Crippen LogP contribution is -2.29. The van der Waals surface area contributed by atoms with Crippen molar-refractivity contribution in [1.29, 1.82) is 0 Å². The maximum absolute atomic E-state index is 12.9. The molecule has 0 saturated carbocycles. The zero-order valence-corrected chi connectivity index (χ0v) is 21.4. The number of benzene rings is 2. The fraction of sp³-hybridized carbons (Fsp3) is 0.160. The Kier molecular flexibility index (Phi) is 9.67. The molecule has 3 N–H and O–H groups in total. The number of halogens is 4. The molecule has 0 bridgehead atoms. The van der Waals surface area contributed by atoms with E-state index in [1.807, 2.05) is 30.3 Å². The molecular weight excluding hydrogens is 563 g/mol. The van der Waals surface area contributed by atoms with E-state index in [1.165, 1.54) is 30.5 Å². The number of pyridine rings is 1. The summed E-state index contributed by atoms with van der Waals surface area (Å²) in [6, 6.07) is 17.8. The number of nitrogens with one attached hydrogen (secondary N) is 2. The lowest BCUT2D eigenvalue weighted by molar-refractivity contribution is -0.192. The van der Waals surface area contributed by atoms with Crippen LogP contribution in [0.25, 0.3) is 11.0 Å². The van der Waals surface area contributed by atoms with Crippen molar-refractivity contribution in [3.63, 3.8) is 0 Å². The molecule has 2 heterocycles. The Hall–Kier alpha value is -3.94. The number of H-pyrrole nitrogens is 1. The molecule has 0 aliphatic carbocycles. The van der Waals surface area contributed by atoms with Crippen molar-refractivity contribution in [3.05, 3.63) is 95.3 Å². The number of fused-ring (bicyclic) bond motifs is 1. The van der Waals surface area contributed by atoms with Gasteiger partial charge in [-0.15, -0.1) is 0 Å². The zero-order valence-electron chi connectivity index (χ0n) is 19.9. The standard InChI is InChI=1S/C23H20ClN3O4S.C2HF3O2/c24-17-6-8-18(9-7-17)32(29,30)27-21(16-4-2-1-3-5-16)12-15-31-23(28)20-11-14-26-22-19(20)10-13-25-22;3-2(4,5)1(6)7/h1-11,13-14,21,27H,12,15H2,(H,25,26);(H,6,7). The molecule has 2 aromatic heterocycles. The summed E-state index contributed by atoms with van der Waals surface area (Å²) in [7, 11) is -3.81. The second kappa shape index (κ2) is 12.7. The number of nitrogens with zero attached hydrogens (tertiary/aromatic N) is 1. The lowest BCUT2D eigenvalue weighted by Gasteiger charge is -2.19. The molecule has 0 fully saturated rings. The summed E-state index contributed by atoms with van der Waals surface area (Å²) in [6.07, 6.45) is -1.60. The lowest BCUT2D eigenvalue weighted by atomic mass is 10.1. The van der Waals surface area contributed by atoms with Gasteiger partial charge in [-0.1, -0.05) is 41.9 Å². The third-order valence-electron chi connectivity index (χ3n) is 5.19. The molecule has 0 saturated heterocycles. The monoisotopic (exact) mass is 583 g/mol. The smallest absolute Gasteiger partial charge is 0.475 e. The molecule has 1 atom stereocenters. The maximum Gasteiger partial charge on any atom is 0.490 e. The van der Waals surface area contributed by atoms with Crippen molar-refractivity contribution in [2.45, 2.75) is 23.5 Å². The van der Waals surface area contributed by atoms with Crippen LogP contribution in [0.3, 0.4) is 0 Å². The molecule has 4 aromatic rings. The maximum atomic E-state index is 12.9. The largest absolute Gasteiger partial charge is 0.490 e. The first-order valence-electron chi connectivity index (χ1n) is 11.1. The number of carboxylic acid groups (broad SMARTS) is 1. The van der Waals surface area contributed by atoms with Gasteiger partial charge in [0.1, 0.15) is 5.65 Å². The summed E-state index contributed by atoms with van der Waals surface area (Å²) < 4.78 is 65.7. The van der Waals surface area contributed by atoms with Crippen LogP contribution in [0.4, 0.5) is 13.2 Å². The van der Waals surface area contributed by atoms with Crippen LogP contribution in [-0.4, -0.2) is 48.2 Å². The first-order chi connectivity index (χ1) is 18.4. The van der Waals surface area contributed by atoms with Crippen LogP contribution >= 0.6 is 11.6 Å². The molecule has 0 spiro atoms. The molecule has 9 nitrogen and oxygen atoms in total. The number of esters is 1. The van der Waals surface area contributed by atoms with Gasteiger partial charge in [-0.25, -0.2) is 27.7 Å². The van der Waals surface area contributed by atoms with Crippen LogP contribution in [0.15, 0.2) is 84.0 Å². The van der Waals surface area contributed by atoms with E-state index in [2.05, 4.69) is 14.7 Å². The van der Waals surface area contributed by atoms with Crippen LogP contribution in [0.1, 0.15) is 28.4 Å². The van der Waals surface area contributed by atoms with E-state index in [9.17, 15) is 26.4 Å². The van der Waals surface area contributed by atoms with Crippen molar-refractivity contribution in [2.24, 2.45) is 0 Å². The predicted octanol–water partition coefficient (Wildman–Crippen LogP) is 5.12. The molecule has 4 rings (SSSR count). The number of aromatic nitrogens is 2. The molecule has 1 unspecified atom stereocenters. The van der Waals surface area contributed by atoms with Gasteiger partial charge in [-0.05, 0) is 42.0 Å². The van der Waals surface area contributed by atoms with Gasteiger partial charge in [0.25, 0.3) is 0 Å². The third-order valence-corrected chi connectivity index (χ3v) is 6.93. The third kappa shape index (κ3) is 8.27. The molecular formula is C25H21ClF3N3O6S. The minimum Gasteiger partial charge on any atom is -0.475 e. The van der Waals surface area contributed by atoms with Gasteiger partial charge in [0.05, 0.1) is 23.1 Å². The Morgan fingerprint density at radius 3 is 2.31 bits per heavy atom. The summed E-state index contributed by atoms with van der Waals surface area (Å²) in [5, 5.41) is 8.24. The Morgan fingerprint density at radius 2 is 1.69 bits per heavy atom.